The van der Waals surface area contributed by atoms with Crippen molar-refractivity contribution in [1.29, 1.82) is 5.26 Å². The number of hydrogen-bond acceptors (Lipinski definition) is 4. The molecule has 4 heteroatoms. The van der Waals surface area contributed by atoms with Crippen LogP contribution in [-0.4, -0.2) is 37.1 Å². The van der Waals surface area contributed by atoms with E-state index in [1.807, 2.05) is 13.8 Å². The summed E-state index contributed by atoms with van der Waals surface area (Å²) in [6, 6.07) is 2.63. The zero-order valence-electron chi connectivity index (χ0n) is 12.3. The van der Waals surface area contributed by atoms with Gasteiger partial charge < -0.3 is 4.74 Å². The minimum atomic E-state index is -0.245. The van der Waals surface area contributed by atoms with Gasteiger partial charge in [0.25, 0.3) is 0 Å². The third-order valence-electron chi connectivity index (χ3n) is 3.09. The summed E-state index contributed by atoms with van der Waals surface area (Å²) in [6.07, 6.45) is 2.90. The average molecular weight is 254 g/mol. The number of esters is 1. The first-order valence-corrected chi connectivity index (χ1v) is 6.54. The predicted molar refractivity (Wildman–Crippen MR) is 72.0 cm³/mol. The lowest BCUT2D eigenvalue weighted by Crippen LogP contribution is -2.37. The number of unbranched alkanes of at least 4 members (excludes halogenated alkanes) is 1. The van der Waals surface area contributed by atoms with Gasteiger partial charge in [0.2, 0.25) is 0 Å². The van der Waals surface area contributed by atoms with Crippen molar-refractivity contribution in [3.05, 3.63) is 0 Å². The Morgan fingerprint density at radius 3 is 2.44 bits per heavy atom. The molecule has 0 amide bonds. The van der Waals surface area contributed by atoms with Gasteiger partial charge in [-0.3, -0.25) is 9.69 Å². The van der Waals surface area contributed by atoms with Crippen molar-refractivity contribution in [2.45, 2.75) is 53.0 Å². The summed E-state index contributed by atoms with van der Waals surface area (Å²) in [6.45, 7) is 9.28. The van der Waals surface area contributed by atoms with Gasteiger partial charge in [-0.05, 0) is 47.1 Å². The lowest BCUT2D eigenvalue weighted by atomic mass is 9.89. The Hall–Kier alpha value is -1.08. The Morgan fingerprint density at radius 2 is 2.00 bits per heavy atom. The van der Waals surface area contributed by atoms with Gasteiger partial charge in [-0.25, -0.2) is 0 Å². The summed E-state index contributed by atoms with van der Waals surface area (Å²) in [4.78, 5) is 13.4. The van der Waals surface area contributed by atoms with E-state index in [-0.39, 0.29) is 11.4 Å². The van der Waals surface area contributed by atoms with Crippen molar-refractivity contribution >= 4 is 5.97 Å². The zero-order chi connectivity index (χ0) is 14.2. The van der Waals surface area contributed by atoms with Crippen LogP contribution in [0.1, 0.15) is 47.0 Å². The number of methoxy groups -OCH3 is 1. The van der Waals surface area contributed by atoms with Gasteiger partial charge in [0, 0.05) is 6.04 Å². The highest BCUT2D eigenvalue weighted by atomic mass is 16.5. The molecule has 0 N–H and O–H groups in total. The maximum absolute atomic E-state index is 11.3. The lowest BCUT2D eigenvalue weighted by Gasteiger charge is -2.25. The van der Waals surface area contributed by atoms with Crippen LogP contribution in [0.15, 0.2) is 0 Å². The lowest BCUT2D eigenvalue weighted by molar-refractivity contribution is -0.142. The highest BCUT2D eigenvalue weighted by Crippen LogP contribution is 2.21. The third-order valence-corrected chi connectivity index (χ3v) is 3.09. The summed E-state index contributed by atoms with van der Waals surface area (Å²) in [5.41, 5.74) is -0.245. The van der Waals surface area contributed by atoms with Crippen LogP contribution in [0.25, 0.3) is 0 Å². The number of nitriles is 1. The molecule has 0 aliphatic rings. The van der Waals surface area contributed by atoms with E-state index in [2.05, 4.69) is 29.6 Å². The summed E-state index contributed by atoms with van der Waals surface area (Å²) < 4.78 is 4.69. The second-order valence-corrected chi connectivity index (χ2v) is 5.59. The topological polar surface area (TPSA) is 53.3 Å². The van der Waals surface area contributed by atoms with E-state index in [1.54, 1.807) is 0 Å². The number of ether oxygens (including phenoxy) is 1. The molecular formula is C14H26N2O2. The highest BCUT2D eigenvalue weighted by Gasteiger charge is 2.17. The second kappa shape index (κ2) is 8.10. The van der Waals surface area contributed by atoms with Crippen LogP contribution in [0, 0.1) is 16.7 Å². The van der Waals surface area contributed by atoms with Gasteiger partial charge >= 0.3 is 5.97 Å². The van der Waals surface area contributed by atoms with E-state index in [0.717, 1.165) is 25.8 Å². The molecule has 0 rings (SSSR count). The molecule has 0 fully saturated rings. The number of rotatable bonds is 8. The van der Waals surface area contributed by atoms with Crippen LogP contribution >= 0.6 is 0 Å². The number of carbonyl (C=O) groups is 1. The van der Waals surface area contributed by atoms with Crippen LogP contribution < -0.4 is 0 Å². The predicted octanol–water partition coefficient (Wildman–Crippen LogP) is 2.59. The molecule has 0 bridgehead atoms. The van der Waals surface area contributed by atoms with Crippen molar-refractivity contribution in [2.24, 2.45) is 5.41 Å². The molecule has 0 spiro atoms. The summed E-state index contributed by atoms with van der Waals surface area (Å²) in [7, 11) is 1.41. The Bertz CT molecular complexity index is 293. The quantitative estimate of drug-likeness (QED) is 0.493. The molecule has 18 heavy (non-hydrogen) atoms. The zero-order valence-corrected chi connectivity index (χ0v) is 12.3. The molecule has 0 aromatic carbocycles. The second-order valence-electron chi connectivity index (χ2n) is 5.59. The van der Waals surface area contributed by atoms with Crippen molar-refractivity contribution < 1.29 is 9.53 Å². The molecule has 0 aliphatic carbocycles. The molecular weight excluding hydrogens is 228 g/mol. The first kappa shape index (κ1) is 16.9. The molecule has 104 valence electrons. The van der Waals surface area contributed by atoms with E-state index in [4.69, 9.17) is 5.26 Å². The molecule has 0 aromatic heterocycles. The van der Waals surface area contributed by atoms with Crippen molar-refractivity contribution in [2.75, 3.05) is 20.2 Å². The fourth-order valence-corrected chi connectivity index (χ4v) is 1.69. The molecule has 0 radical (unpaired) electrons. The van der Waals surface area contributed by atoms with Crippen molar-refractivity contribution in [1.82, 2.24) is 4.90 Å². The standard InChI is InChI=1S/C14H26N2O2/c1-12(2)16(10-13(17)18-5)9-7-6-8-14(3,4)11-15/h12H,6-10H2,1-5H3. The Balaban J connectivity index is 3.99. The monoisotopic (exact) mass is 254 g/mol. The minimum Gasteiger partial charge on any atom is -0.468 e. The van der Waals surface area contributed by atoms with E-state index in [1.165, 1.54) is 7.11 Å². The van der Waals surface area contributed by atoms with Crippen LogP contribution in [-0.2, 0) is 9.53 Å². The molecule has 0 aliphatic heterocycles. The normalized spacial score (nSPS) is 11.7. The van der Waals surface area contributed by atoms with Crippen molar-refractivity contribution in [3.8, 4) is 6.07 Å². The Labute approximate surface area is 111 Å². The van der Waals surface area contributed by atoms with Crippen LogP contribution in [0.4, 0.5) is 0 Å². The smallest absolute Gasteiger partial charge is 0.319 e. The molecule has 0 unspecified atom stereocenters. The van der Waals surface area contributed by atoms with Gasteiger partial charge in [-0.15, -0.1) is 0 Å². The molecule has 4 nitrogen and oxygen atoms in total. The van der Waals surface area contributed by atoms with Gasteiger partial charge in [0.05, 0.1) is 25.1 Å². The Morgan fingerprint density at radius 1 is 1.39 bits per heavy atom. The Kier molecular flexibility index (Phi) is 7.61. The van der Waals surface area contributed by atoms with Crippen LogP contribution in [0.2, 0.25) is 0 Å². The van der Waals surface area contributed by atoms with E-state index < -0.39 is 0 Å². The molecule has 0 aromatic rings. The maximum Gasteiger partial charge on any atom is 0.319 e. The van der Waals surface area contributed by atoms with E-state index in [9.17, 15) is 4.79 Å². The summed E-state index contributed by atoms with van der Waals surface area (Å²) in [5.74, 6) is -0.193. The molecule has 0 saturated carbocycles. The molecule has 0 saturated heterocycles. The van der Waals surface area contributed by atoms with E-state index >= 15 is 0 Å². The maximum atomic E-state index is 11.3. The van der Waals surface area contributed by atoms with Gasteiger partial charge in [0.15, 0.2) is 0 Å². The highest BCUT2D eigenvalue weighted by molar-refractivity contribution is 5.71. The minimum absolute atomic E-state index is 0.193. The fourth-order valence-electron chi connectivity index (χ4n) is 1.69. The first-order chi connectivity index (χ1) is 8.32. The number of nitrogens with zero attached hydrogens (tertiary/aromatic N) is 2. The number of hydrogen-bond donors (Lipinski definition) is 0. The molecule has 0 heterocycles. The first-order valence-electron chi connectivity index (χ1n) is 6.54. The van der Waals surface area contributed by atoms with Crippen LogP contribution in [0.3, 0.4) is 0 Å². The summed E-state index contributed by atoms with van der Waals surface area (Å²) in [5, 5.41) is 8.92. The van der Waals surface area contributed by atoms with Gasteiger partial charge in [-0.2, -0.15) is 5.26 Å². The van der Waals surface area contributed by atoms with Gasteiger partial charge in [0.1, 0.15) is 0 Å². The third kappa shape index (κ3) is 7.29. The molecule has 0 atom stereocenters. The van der Waals surface area contributed by atoms with Gasteiger partial charge in [-0.1, -0.05) is 6.42 Å². The average Bonchev–Trinajstić information content (AvgIpc) is 2.32. The summed E-state index contributed by atoms with van der Waals surface area (Å²) >= 11 is 0. The fraction of sp³-hybridized carbons (Fsp3) is 0.857. The largest absolute Gasteiger partial charge is 0.468 e. The van der Waals surface area contributed by atoms with E-state index in [0.29, 0.717) is 12.6 Å². The SMILES string of the molecule is COC(=O)CN(CCCCC(C)(C)C#N)C(C)C. The number of carbonyl (C=O) groups excluding carboxylic acids is 1. The van der Waals surface area contributed by atoms with Crippen LogP contribution in [0.5, 0.6) is 0 Å². The van der Waals surface area contributed by atoms with Crippen molar-refractivity contribution in [3.63, 3.8) is 0 Å².